The van der Waals surface area contributed by atoms with Gasteiger partial charge in [-0.1, -0.05) is 74.0 Å². The molecule has 8 heteroatoms. The van der Waals surface area contributed by atoms with E-state index in [-0.39, 0.29) is 18.2 Å². The molecule has 0 bridgehead atoms. The lowest BCUT2D eigenvalue weighted by Gasteiger charge is -2.23. The zero-order valence-corrected chi connectivity index (χ0v) is 19.9. The molecular weight excluding hydrogens is 448 g/mol. The first-order valence-electron chi connectivity index (χ1n) is 11.1. The molecule has 0 aliphatic heterocycles. The third-order valence-corrected chi connectivity index (χ3v) is 5.85. The molecule has 0 fully saturated rings. The molecule has 1 amide bonds. The van der Waals surface area contributed by atoms with Gasteiger partial charge in [0.25, 0.3) is 0 Å². The van der Waals surface area contributed by atoms with Crippen LogP contribution in [0.3, 0.4) is 0 Å². The van der Waals surface area contributed by atoms with Gasteiger partial charge < -0.3 is 19.9 Å². The summed E-state index contributed by atoms with van der Waals surface area (Å²) < 4.78 is 25.2. The minimum Gasteiger partial charge on any atom is -0.755 e. The van der Waals surface area contributed by atoms with E-state index in [1.807, 2.05) is 60.7 Å². The quantitative estimate of drug-likeness (QED) is 0.217. The highest BCUT2D eigenvalue weighted by Gasteiger charge is 2.16. The van der Waals surface area contributed by atoms with Gasteiger partial charge in [-0.05, 0) is 35.2 Å². The van der Waals surface area contributed by atoms with Crippen molar-refractivity contribution < 1.29 is 13.6 Å². The maximum Gasteiger partial charge on any atom is 0.227 e. The lowest BCUT2D eigenvalue weighted by molar-refractivity contribution is -0.131. The summed E-state index contributed by atoms with van der Waals surface area (Å²) >= 11 is -2.49. The van der Waals surface area contributed by atoms with Crippen molar-refractivity contribution in [2.45, 2.75) is 32.7 Å². The van der Waals surface area contributed by atoms with Crippen molar-refractivity contribution >= 4 is 28.7 Å². The normalized spacial score (nSPS) is 11.6. The number of unbranched alkanes of at least 4 members (excludes halogenated alkanes) is 1. The van der Waals surface area contributed by atoms with Gasteiger partial charge in [-0.25, -0.2) is 0 Å². The van der Waals surface area contributed by atoms with Crippen molar-refractivity contribution in [3.8, 4) is 11.1 Å². The van der Waals surface area contributed by atoms with Crippen LogP contribution < -0.4 is 10.5 Å². The maximum atomic E-state index is 13.2. The number of hydrogen-bond acceptors (Lipinski definition) is 4. The molecule has 7 nitrogen and oxygen atoms in total. The molecule has 0 saturated heterocycles. The molecule has 4 N–H and O–H groups in total. The number of carbonyl (C=O) groups excluding carboxylic acids is 1. The first kappa shape index (κ1) is 25.1. The molecule has 0 saturated carbocycles. The molecule has 1 atom stereocenters. The number of nitrogens with two attached hydrogens (primary N) is 1. The molecular formula is C26H29N4O3S-. The molecule has 0 spiro atoms. The van der Waals surface area contributed by atoms with E-state index in [9.17, 15) is 13.6 Å². The number of benzene rings is 3. The van der Waals surface area contributed by atoms with E-state index in [2.05, 4.69) is 11.6 Å². The molecule has 0 aliphatic carbocycles. The summed E-state index contributed by atoms with van der Waals surface area (Å²) in [5.41, 5.74) is 9.91. The Morgan fingerprint density at radius 3 is 2.50 bits per heavy atom. The summed E-state index contributed by atoms with van der Waals surface area (Å²) in [5.74, 6) is -0.0640. The molecule has 0 aromatic heterocycles. The first-order valence-corrected chi connectivity index (χ1v) is 12.2. The predicted molar refractivity (Wildman–Crippen MR) is 136 cm³/mol. The summed E-state index contributed by atoms with van der Waals surface area (Å²) in [4.78, 5) is 15.0. The fraction of sp³-hybridized carbons (Fsp3) is 0.231. The Labute approximate surface area is 202 Å². The standard InChI is InChI=1S/C26H30N4O3S/c1-2-3-14-30(18-20-8-7-11-22(15-20)26(27)28)25(31)17-19-12-13-23(21-9-5-4-6-10-21)24(16-19)29-34(32)33/h4-13,15-16,29H,2-3,14,17-18H2,1H3,(H3,27,28)(H,32,33)/p-1. The van der Waals surface area contributed by atoms with Crippen molar-refractivity contribution in [3.63, 3.8) is 0 Å². The molecule has 0 aliphatic rings. The van der Waals surface area contributed by atoms with Crippen LogP contribution in [0.5, 0.6) is 0 Å². The van der Waals surface area contributed by atoms with Gasteiger partial charge in [0.05, 0.1) is 12.1 Å². The van der Waals surface area contributed by atoms with Crippen LogP contribution in [0.1, 0.15) is 36.5 Å². The lowest BCUT2D eigenvalue weighted by atomic mass is 10.0. The molecule has 34 heavy (non-hydrogen) atoms. The summed E-state index contributed by atoms with van der Waals surface area (Å²) in [6, 6.07) is 22.2. The Kier molecular flexibility index (Phi) is 8.95. The highest BCUT2D eigenvalue weighted by Crippen LogP contribution is 2.29. The fourth-order valence-electron chi connectivity index (χ4n) is 3.73. The van der Waals surface area contributed by atoms with Gasteiger partial charge in [0.15, 0.2) is 0 Å². The summed E-state index contributed by atoms with van der Waals surface area (Å²) in [6.07, 6.45) is 1.96. The number of amides is 1. The average molecular weight is 478 g/mol. The molecule has 3 aromatic rings. The van der Waals surface area contributed by atoms with E-state index in [1.165, 1.54) is 0 Å². The lowest BCUT2D eigenvalue weighted by Crippen LogP contribution is -2.33. The fourth-order valence-corrected chi connectivity index (χ4v) is 4.08. The number of amidine groups is 1. The highest BCUT2D eigenvalue weighted by molar-refractivity contribution is 7.80. The second kappa shape index (κ2) is 12.1. The Bertz CT molecular complexity index is 1170. The summed E-state index contributed by atoms with van der Waals surface area (Å²) in [6.45, 7) is 3.09. The Hall–Kier alpha value is -3.49. The van der Waals surface area contributed by atoms with Crippen LogP contribution in [0.2, 0.25) is 0 Å². The van der Waals surface area contributed by atoms with Gasteiger partial charge in [-0.2, -0.15) is 0 Å². The maximum absolute atomic E-state index is 13.2. The van der Waals surface area contributed by atoms with Crippen LogP contribution in [0.25, 0.3) is 11.1 Å². The number of nitrogens with zero attached hydrogens (tertiary/aromatic N) is 1. The summed E-state index contributed by atoms with van der Waals surface area (Å²) in [5, 5.41) is 7.65. The van der Waals surface area contributed by atoms with Crippen molar-refractivity contribution in [2.75, 3.05) is 11.3 Å². The van der Waals surface area contributed by atoms with Gasteiger partial charge in [-0.3, -0.25) is 14.4 Å². The van der Waals surface area contributed by atoms with E-state index in [0.717, 1.165) is 35.1 Å². The zero-order chi connectivity index (χ0) is 24.5. The number of hydrogen-bond donors (Lipinski definition) is 3. The minimum absolute atomic E-state index is 0.0115. The number of nitrogen functional groups attached to an aromatic ring is 1. The van der Waals surface area contributed by atoms with Crippen molar-refractivity contribution in [1.82, 2.24) is 4.90 Å². The second-order valence-corrected chi connectivity index (χ2v) is 8.72. The third-order valence-electron chi connectivity index (χ3n) is 5.46. The average Bonchev–Trinajstić information content (AvgIpc) is 2.82. The van der Waals surface area contributed by atoms with Crippen LogP contribution in [0.15, 0.2) is 72.8 Å². The van der Waals surface area contributed by atoms with Crippen molar-refractivity contribution in [1.29, 1.82) is 5.41 Å². The topological polar surface area (TPSA) is 122 Å². The van der Waals surface area contributed by atoms with Gasteiger partial charge in [0.2, 0.25) is 5.91 Å². The van der Waals surface area contributed by atoms with E-state index in [4.69, 9.17) is 11.1 Å². The molecule has 3 aromatic carbocycles. The molecule has 3 rings (SSSR count). The van der Waals surface area contributed by atoms with E-state index < -0.39 is 11.3 Å². The van der Waals surface area contributed by atoms with Gasteiger partial charge in [-0.15, -0.1) is 0 Å². The molecule has 178 valence electrons. The predicted octanol–water partition coefficient (Wildman–Crippen LogP) is 4.22. The van der Waals surface area contributed by atoms with E-state index >= 15 is 0 Å². The number of anilines is 1. The van der Waals surface area contributed by atoms with Crippen LogP contribution in [-0.4, -0.2) is 31.9 Å². The molecule has 0 radical (unpaired) electrons. The third kappa shape index (κ3) is 7.00. The Balaban J connectivity index is 1.83. The van der Waals surface area contributed by atoms with Gasteiger partial charge in [0, 0.05) is 35.5 Å². The van der Waals surface area contributed by atoms with Crippen LogP contribution in [-0.2, 0) is 29.0 Å². The zero-order valence-electron chi connectivity index (χ0n) is 19.1. The smallest absolute Gasteiger partial charge is 0.227 e. The number of rotatable bonds is 11. The first-order chi connectivity index (χ1) is 16.4. The van der Waals surface area contributed by atoms with Crippen molar-refractivity contribution in [3.05, 3.63) is 89.5 Å². The van der Waals surface area contributed by atoms with Gasteiger partial charge >= 0.3 is 0 Å². The molecule has 0 heterocycles. The molecule has 1 unspecified atom stereocenters. The second-order valence-electron chi connectivity index (χ2n) is 8.04. The van der Waals surface area contributed by atoms with Crippen molar-refractivity contribution in [2.24, 2.45) is 5.73 Å². The van der Waals surface area contributed by atoms with Gasteiger partial charge in [0.1, 0.15) is 5.84 Å². The van der Waals surface area contributed by atoms with Crippen LogP contribution in [0.4, 0.5) is 5.69 Å². The monoisotopic (exact) mass is 477 g/mol. The Morgan fingerprint density at radius 2 is 1.82 bits per heavy atom. The van der Waals surface area contributed by atoms with E-state index in [0.29, 0.717) is 24.3 Å². The number of carbonyl (C=O) groups is 1. The minimum atomic E-state index is -2.49. The highest BCUT2D eigenvalue weighted by atomic mass is 32.2. The number of nitrogens with one attached hydrogen (secondary N) is 2. The Morgan fingerprint density at radius 1 is 1.06 bits per heavy atom. The van der Waals surface area contributed by atoms with E-state index in [1.54, 1.807) is 17.0 Å². The van der Waals surface area contributed by atoms with Crippen LogP contribution in [0, 0.1) is 5.41 Å². The summed E-state index contributed by atoms with van der Waals surface area (Å²) in [7, 11) is 0. The largest absolute Gasteiger partial charge is 0.755 e. The van der Waals surface area contributed by atoms with Crippen LogP contribution >= 0.6 is 0 Å². The SMILES string of the molecule is CCCCN(Cc1cccc(C(=N)N)c1)C(=O)Cc1ccc(-c2ccccc2)c(NS(=O)[O-])c1.